The molecule has 1 saturated heterocycles. The number of hydrogen-bond acceptors (Lipinski definition) is 3. The third-order valence-corrected chi connectivity index (χ3v) is 4.90. The van der Waals surface area contributed by atoms with Gasteiger partial charge in [0, 0.05) is 19.1 Å². The molecular formula is C18H34N2O2. The molecule has 2 rings (SSSR count). The molecule has 0 spiro atoms. The number of likely N-dealkylation sites (tertiary alicyclic amines) is 1. The van der Waals surface area contributed by atoms with Gasteiger partial charge in [0.05, 0.1) is 0 Å². The maximum Gasteiger partial charge on any atom is 0.410 e. The summed E-state index contributed by atoms with van der Waals surface area (Å²) in [5.41, 5.74) is -0.396. The van der Waals surface area contributed by atoms with E-state index in [4.69, 9.17) is 4.74 Å². The number of carbonyl (C=O) groups is 1. The van der Waals surface area contributed by atoms with Gasteiger partial charge < -0.3 is 15.0 Å². The maximum atomic E-state index is 12.0. The van der Waals surface area contributed by atoms with Gasteiger partial charge in [-0.05, 0) is 64.8 Å². The minimum Gasteiger partial charge on any atom is -0.444 e. The van der Waals surface area contributed by atoms with E-state index in [0.717, 1.165) is 38.4 Å². The lowest BCUT2D eigenvalue weighted by Crippen LogP contribution is -2.44. The van der Waals surface area contributed by atoms with Crippen molar-refractivity contribution in [1.82, 2.24) is 10.2 Å². The Morgan fingerprint density at radius 1 is 1.18 bits per heavy atom. The van der Waals surface area contributed by atoms with Crippen molar-refractivity contribution >= 4 is 6.09 Å². The maximum absolute atomic E-state index is 12.0. The largest absolute Gasteiger partial charge is 0.444 e. The van der Waals surface area contributed by atoms with Crippen molar-refractivity contribution in [3.05, 3.63) is 0 Å². The highest BCUT2D eigenvalue weighted by Gasteiger charge is 2.27. The van der Waals surface area contributed by atoms with Gasteiger partial charge in [-0.2, -0.15) is 0 Å². The van der Waals surface area contributed by atoms with Crippen molar-refractivity contribution in [1.29, 1.82) is 0 Å². The van der Waals surface area contributed by atoms with E-state index in [1.54, 1.807) is 0 Å². The monoisotopic (exact) mass is 310 g/mol. The summed E-state index contributed by atoms with van der Waals surface area (Å²) in [5, 5.41) is 3.77. The highest BCUT2D eigenvalue weighted by molar-refractivity contribution is 5.68. The number of nitrogens with zero attached hydrogens (tertiary/aromatic N) is 1. The highest BCUT2D eigenvalue weighted by Crippen LogP contribution is 2.24. The molecule has 1 saturated carbocycles. The van der Waals surface area contributed by atoms with Crippen LogP contribution in [0.5, 0.6) is 0 Å². The summed E-state index contributed by atoms with van der Waals surface area (Å²) in [7, 11) is 0. The molecule has 1 aliphatic carbocycles. The van der Waals surface area contributed by atoms with Gasteiger partial charge in [-0.3, -0.25) is 0 Å². The van der Waals surface area contributed by atoms with Crippen LogP contribution in [0.3, 0.4) is 0 Å². The molecule has 128 valence electrons. The molecule has 1 N–H and O–H groups in total. The Morgan fingerprint density at radius 2 is 1.86 bits per heavy atom. The van der Waals surface area contributed by atoms with Crippen molar-refractivity contribution < 1.29 is 9.53 Å². The Morgan fingerprint density at radius 3 is 2.45 bits per heavy atom. The van der Waals surface area contributed by atoms with Gasteiger partial charge in [-0.25, -0.2) is 4.79 Å². The van der Waals surface area contributed by atoms with Crippen LogP contribution in [0.25, 0.3) is 0 Å². The summed E-state index contributed by atoms with van der Waals surface area (Å²) in [6.07, 6.45) is 7.46. The zero-order chi connectivity index (χ0) is 16.2. The van der Waals surface area contributed by atoms with E-state index < -0.39 is 5.60 Å². The van der Waals surface area contributed by atoms with Crippen LogP contribution in [-0.4, -0.2) is 42.3 Å². The molecule has 4 heteroatoms. The van der Waals surface area contributed by atoms with Crippen LogP contribution in [0, 0.1) is 11.8 Å². The smallest absolute Gasteiger partial charge is 0.410 e. The molecule has 0 bridgehead atoms. The van der Waals surface area contributed by atoms with E-state index in [1.807, 2.05) is 25.7 Å². The lowest BCUT2D eigenvalue weighted by molar-refractivity contribution is 0.0182. The van der Waals surface area contributed by atoms with Crippen molar-refractivity contribution in [3.63, 3.8) is 0 Å². The van der Waals surface area contributed by atoms with Gasteiger partial charge in [-0.1, -0.05) is 19.8 Å². The quantitative estimate of drug-likeness (QED) is 0.862. The Hall–Kier alpha value is -0.770. The van der Waals surface area contributed by atoms with Gasteiger partial charge in [0.1, 0.15) is 5.60 Å². The predicted molar refractivity (Wildman–Crippen MR) is 90.0 cm³/mol. The van der Waals surface area contributed by atoms with Gasteiger partial charge >= 0.3 is 6.09 Å². The van der Waals surface area contributed by atoms with Crippen molar-refractivity contribution in [2.45, 2.75) is 77.9 Å². The standard InChI is InChI=1S/C18H34N2O2/c1-14-6-5-7-16(12-14)19-13-15-8-10-20(11-9-15)17(21)22-18(2,3)4/h14-16,19H,5-13H2,1-4H3. The van der Waals surface area contributed by atoms with E-state index in [1.165, 1.54) is 25.7 Å². The molecule has 1 heterocycles. The number of hydrogen-bond donors (Lipinski definition) is 1. The van der Waals surface area contributed by atoms with E-state index in [2.05, 4.69) is 12.2 Å². The molecular weight excluding hydrogens is 276 g/mol. The second kappa shape index (κ2) is 7.67. The number of ether oxygens (including phenoxy) is 1. The number of rotatable bonds is 3. The Kier molecular flexibility index (Phi) is 6.13. The molecule has 0 aromatic rings. The fourth-order valence-corrected chi connectivity index (χ4v) is 3.60. The number of amides is 1. The van der Waals surface area contributed by atoms with E-state index in [-0.39, 0.29) is 6.09 Å². The fraction of sp³-hybridized carbons (Fsp3) is 0.944. The van der Waals surface area contributed by atoms with Crippen LogP contribution in [0.4, 0.5) is 4.79 Å². The summed E-state index contributed by atoms with van der Waals surface area (Å²) < 4.78 is 5.45. The molecule has 0 aromatic heterocycles. The second-order valence-electron chi connectivity index (χ2n) is 8.29. The number of carbonyl (C=O) groups excluding carboxylic acids is 1. The van der Waals surface area contributed by atoms with Crippen LogP contribution in [0.1, 0.15) is 66.2 Å². The molecule has 2 aliphatic rings. The highest BCUT2D eigenvalue weighted by atomic mass is 16.6. The van der Waals surface area contributed by atoms with Crippen LogP contribution in [0.15, 0.2) is 0 Å². The lowest BCUT2D eigenvalue weighted by Gasteiger charge is -2.35. The van der Waals surface area contributed by atoms with Gasteiger partial charge in [-0.15, -0.1) is 0 Å². The molecule has 1 aliphatic heterocycles. The molecule has 0 radical (unpaired) electrons. The first-order valence-corrected chi connectivity index (χ1v) is 9.05. The Bertz CT molecular complexity index is 357. The Labute approximate surface area is 136 Å². The van der Waals surface area contributed by atoms with Crippen molar-refractivity contribution in [2.24, 2.45) is 11.8 Å². The minimum atomic E-state index is -0.396. The third-order valence-electron chi connectivity index (χ3n) is 4.90. The average molecular weight is 310 g/mol. The van der Waals surface area contributed by atoms with Gasteiger partial charge in [0.15, 0.2) is 0 Å². The first-order valence-electron chi connectivity index (χ1n) is 9.05. The van der Waals surface area contributed by atoms with Crippen molar-refractivity contribution in [3.8, 4) is 0 Å². The molecule has 2 atom stereocenters. The second-order valence-corrected chi connectivity index (χ2v) is 8.29. The third kappa shape index (κ3) is 5.79. The minimum absolute atomic E-state index is 0.153. The van der Waals surface area contributed by atoms with E-state index >= 15 is 0 Å². The van der Waals surface area contributed by atoms with Crippen LogP contribution in [0.2, 0.25) is 0 Å². The Balaban J connectivity index is 1.65. The van der Waals surface area contributed by atoms with Crippen LogP contribution in [-0.2, 0) is 4.74 Å². The van der Waals surface area contributed by atoms with E-state index in [9.17, 15) is 4.79 Å². The van der Waals surface area contributed by atoms with Gasteiger partial charge in [0.25, 0.3) is 0 Å². The summed E-state index contributed by atoms with van der Waals surface area (Å²) in [5.74, 6) is 1.58. The molecule has 0 aromatic carbocycles. The SMILES string of the molecule is CC1CCCC(NCC2CCN(C(=O)OC(C)(C)C)CC2)C1. The van der Waals surface area contributed by atoms with Crippen molar-refractivity contribution in [2.75, 3.05) is 19.6 Å². The molecule has 2 fully saturated rings. The summed E-state index contributed by atoms with van der Waals surface area (Å²) in [6.45, 7) is 10.9. The zero-order valence-electron chi connectivity index (χ0n) is 14.9. The summed E-state index contributed by atoms with van der Waals surface area (Å²) in [4.78, 5) is 13.9. The lowest BCUT2D eigenvalue weighted by atomic mass is 9.86. The van der Waals surface area contributed by atoms with Gasteiger partial charge in [0.2, 0.25) is 0 Å². The van der Waals surface area contributed by atoms with Crippen LogP contribution >= 0.6 is 0 Å². The number of nitrogens with one attached hydrogen (secondary N) is 1. The molecule has 2 unspecified atom stereocenters. The fourth-order valence-electron chi connectivity index (χ4n) is 3.60. The summed E-state index contributed by atoms with van der Waals surface area (Å²) in [6, 6.07) is 0.715. The first-order chi connectivity index (χ1) is 10.3. The summed E-state index contributed by atoms with van der Waals surface area (Å²) >= 11 is 0. The molecule has 22 heavy (non-hydrogen) atoms. The molecule has 1 amide bonds. The topological polar surface area (TPSA) is 41.6 Å². The average Bonchev–Trinajstić information content (AvgIpc) is 2.44. The van der Waals surface area contributed by atoms with E-state index in [0.29, 0.717) is 12.0 Å². The normalized spacial score (nSPS) is 27.7. The van der Waals surface area contributed by atoms with Crippen LogP contribution < -0.4 is 5.32 Å². The molecule has 4 nitrogen and oxygen atoms in total. The number of piperidine rings is 1. The zero-order valence-corrected chi connectivity index (χ0v) is 14.9. The predicted octanol–water partition coefficient (Wildman–Crippen LogP) is 3.80. The first kappa shape index (κ1) is 17.6.